The van der Waals surface area contributed by atoms with Crippen molar-refractivity contribution in [1.29, 1.82) is 0 Å². The van der Waals surface area contributed by atoms with E-state index in [1.807, 2.05) is 40.1 Å². The van der Waals surface area contributed by atoms with Crippen LogP contribution in [0.4, 0.5) is 10.1 Å². The Hall–Kier alpha value is -2.78. The van der Waals surface area contributed by atoms with Gasteiger partial charge in [0, 0.05) is 44.8 Å². The zero-order chi connectivity index (χ0) is 23.6. The van der Waals surface area contributed by atoms with Gasteiger partial charge in [0.15, 0.2) is 15.6 Å². The number of sulfone groups is 1. The molecule has 4 rings (SSSR count). The number of ketones is 1. The summed E-state index contributed by atoms with van der Waals surface area (Å²) in [5, 5.41) is 0. The van der Waals surface area contributed by atoms with Crippen molar-refractivity contribution >= 4 is 27.2 Å². The normalized spacial score (nSPS) is 19.8. The molecule has 1 atom stereocenters. The lowest BCUT2D eigenvalue weighted by Crippen LogP contribution is -2.54. The number of hydrogen-bond donors (Lipinski definition) is 0. The van der Waals surface area contributed by atoms with Crippen LogP contribution >= 0.6 is 0 Å². The van der Waals surface area contributed by atoms with Crippen molar-refractivity contribution in [3.63, 3.8) is 0 Å². The molecule has 2 aliphatic rings. The van der Waals surface area contributed by atoms with Crippen molar-refractivity contribution in [3.05, 3.63) is 65.5 Å². The van der Waals surface area contributed by atoms with E-state index in [1.54, 1.807) is 17.0 Å². The standard InChI is InChI=1S/C24H28FN3O4S/c1-18(29)20-7-8-22(21(25)17-20)26-9-11-28(12-10-26)24(30)23(19-5-3-2-4-6-19)27-13-15-33(31,32)16-14-27/h2-8,17,23H,9-16H2,1H3. The van der Waals surface area contributed by atoms with E-state index >= 15 is 0 Å². The quantitative estimate of drug-likeness (QED) is 0.620. The molecule has 0 aliphatic carbocycles. The third-order valence-corrected chi connectivity index (χ3v) is 7.99. The third kappa shape index (κ3) is 5.25. The Balaban J connectivity index is 1.48. The number of carbonyl (C=O) groups excluding carboxylic acids is 2. The van der Waals surface area contributed by atoms with Gasteiger partial charge in [-0.3, -0.25) is 14.5 Å². The second-order valence-corrected chi connectivity index (χ2v) is 10.8. The summed E-state index contributed by atoms with van der Waals surface area (Å²) in [4.78, 5) is 30.7. The van der Waals surface area contributed by atoms with Crippen LogP contribution in [0.25, 0.3) is 0 Å². The molecular formula is C24H28FN3O4S. The molecule has 33 heavy (non-hydrogen) atoms. The van der Waals surface area contributed by atoms with Gasteiger partial charge in [-0.1, -0.05) is 30.3 Å². The first-order chi connectivity index (χ1) is 15.7. The molecule has 0 radical (unpaired) electrons. The van der Waals surface area contributed by atoms with Crippen molar-refractivity contribution in [2.75, 3.05) is 55.7 Å². The first kappa shape index (κ1) is 23.4. The van der Waals surface area contributed by atoms with E-state index in [4.69, 9.17) is 0 Å². The number of anilines is 1. The average molecular weight is 474 g/mol. The first-order valence-electron chi connectivity index (χ1n) is 11.1. The molecule has 0 spiro atoms. The minimum absolute atomic E-state index is 0.0485. The maximum absolute atomic E-state index is 14.6. The Kier molecular flexibility index (Phi) is 6.81. The molecule has 0 bridgehead atoms. The highest BCUT2D eigenvalue weighted by atomic mass is 32.2. The van der Waals surface area contributed by atoms with Crippen molar-refractivity contribution < 1.29 is 22.4 Å². The number of nitrogens with zero attached hydrogens (tertiary/aromatic N) is 3. The Labute approximate surface area is 193 Å². The molecule has 2 aromatic carbocycles. The number of hydrogen-bond acceptors (Lipinski definition) is 6. The lowest BCUT2D eigenvalue weighted by atomic mass is 10.0. The van der Waals surface area contributed by atoms with E-state index < -0.39 is 21.7 Å². The number of piperazine rings is 1. The summed E-state index contributed by atoms with van der Waals surface area (Å²) in [6.45, 7) is 3.85. The molecule has 1 unspecified atom stereocenters. The monoisotopic (exact) mass is 473 g/mol. The number of amides is 1. The van der Waals surface area contributed by atoms with Crippen molar-refractivity contribution in [3.8, 4) is 0 Å². The van der Waals surface area contributed by atoms with Crippen molar-refractivity contribution in [1.82, 2.24) is 9.80 Å². The second kappa shape index (κ2) is 9.61. The molecule has 0 aromatic heterocycles. The van der Waals surface area contributed by atoms with E-state index in [1.165, 1.54) is 13.0 Å². The van der Waals surface area contributed by atoms with Gasteiger partial charge >= 0.3 is 0 Å². The van der Waals surface area contributed by atoms with Crippen LogP contribution in [-0.2, 0) is 14.6 Å². The average Bonchev–Trinajstić information content (AvgIpc) is 2.81. The molecule has 0 N–H and O–H groups in total. The summed E-state index contributed by atoms with van der Waals surface area (Å²) >= 11 is 0. The maximum atomic E-state index is 14.6. The summed E-state index contributed by atoms with van der Waals surface area (Å²) in [6, 6.07) is 13.4. The number of rotatable bonds is 5. The molecular weight excluding hydrogens is 445 g/mol. The van der Waals surface area contributed by atoms with Gasteiger partial charge in [-0.05, 0) is 30.7 Å². The van der Waals surface area contributed by atoms with E-state index in [2.05, 4.69) is 0 Å². The molecule has 0 saturated carbocycles. The van der Waals surface area contributed by atoms with Crippen LogP contribution in [0.2, 0.25) is 0 Å². The summed E-state index contributed by atoms with van der Waals surface area (Å²) < 4.78 is 38.4. The summed E-state index contributed by atoms with van der Waals surface area (Å²) in [5.74, 6) is -0.597. The zero-order valence-electron chi connectivity index (χ0n) is 18.6. The third-order valence-electron chi connectivity index (χ3n) is 6.38. The molecule has 2 fully saturated rings. The number of halogens is 1. The zero-order valence-corrected chi connectivity index (χ0v) is 19.4. The largest absolute Gasteiger partial charge is 0.366 e. The Morgan fingerprint density at radius 1 is 0.909 bits per heavy atom. The SMILES string of the molecule is CC(=O)c1ccc(N2CCN(C(=O)C(c3ccccc3)N3CCS(=O)(=O)CC3)CC2)c(F)c1. The predicted octanol–water partition coefficient (Wildman–Crippen LogP) is 2.15. The van der Waals surface area contributed by atoms with E-state index in [9.17, 15) is 22.4 Å². The Bertz CT molecular complexity index is 1120. The minimum atomic E-state index is -3.06. The van der Waals surface area contributed by atoms with E-state index in [-0.39, 0.29) is 23.2 Å². The molecule has 2 aromatic rings. The topological polar surface area (TPSA) is 78.0 Å². The predicted molar refractivity (Wildman–Crippen MR) is 125 cm³/mol. The van der Waals surface area contributed by atoms with Gasteiger partial charge in [0.25, 0.3) is 0 Å². The van der Waals surface area contributed by atoms with Crippen LogP contribution in [-0.4, -0.2) is 80.7 Å². The van der Waals surface area contributed by atoms with Crippen LogP contribution in [0.15, 0.2) is 48.5 Å². The fourth-order valence-electron chi connectivity index (χ4n) is 4.45. The Morgan fingerprint density at radius 3 is 2.12 bits per heavy atom. The molecule has 9 heteroatoms. The van der Waals surface area contributed by atoms with Gasteiger partial charge in [-0.25, -0.2) is 12.8 Å². The number of carbonyl (C=O) groups is 2. The summed E-state index contributed by atoms with van der Waals surface area (Å²) in [7, 11) is -3.06. The molecule has 2 saturated heterocycles. The van der Waals surface area contributed by atoms with Crippen LogP contribution < -0.4 is 4.90 Å². The summed E-state index contributed by atoms with van der Waals surface area (Å²) in [5.41, 5.74) is 1.60. The highest BCUT2D eigenvalue weighted by Gasteiger charge is 2.36. The first-order valence-corrected chi connectivity index (χ1v) is 12.9. The van der Waals surface area contributed by atoms with Crippen molar-refractivity contribution in [2.24, 2.45) is 0 Å². The Morgan fingerprint density at radius 2 is 1.55 bits per heavy atom. The fraction of sp³-hybridized carbons (Fsp3) is 0.417. The van der Waals surface area contributed by atoms with Crippen molar-refractivity contribution in [2.45, 2.75) is 13.0 Å². The van der Waals surface area contributed by atoms with Crippen LogP contribution in [0.5, 0.6) is 0 Å². The molecule has 2 aliphatic heterocycles. The number of Topliss-reactive ketones (excluding diaryl/α,β-unsaturated/α-hetero) is 1. The minimum Gasteiger partial charge on any atom is -0.366 e. The smallest absolute Gasteiger partial charge is 0.244 e. The van der Waals surface area contributed by atoms with Gasteiger partial charge in [-0.2, -0.15) is 0 Å². The van der Waals surface area contributed by atoms with Gasteiger partial charge in [0.2, 0.25) is 5.91 Å². The lowest BCUT2D eigenvalue weighted by Gasteiger charge is -2.40. The second-order valence-electron chi connectivity index (χ2n) is 8.54. The van der Waals surface area contributed by atoms with E-state index in [0.29, 0.717) is 50.5 Å². The van der Waals surface area contributed by atoms with Gasteiger partial charge in [0.05, 0.1) is 17.2 Å². The van der Waals surface area contributed by atoms with Crippen LogP contribution in [0.1, 0.15) is 28.9 Å². The lowest BCUT2D eigenvalue weighted by molar-refractivity contribution is -0.137. The fourth-order valence-corrected chi connectivity index (χ4v) is 5.68. The van der Waals surface area contributed by atoms with E-state index in [0.717, 1.165) is 5.56 Å². The van der Waals surface area contributed by atoms with Gasteiger partial charge in [0.1, 0.15) is 11.9 Å². The summed E-state index contributed by atoms with van der Waals surface area (Å²) in [6.07, 6.45) is 0. The number of benzene rings is 2. The molecule has 1 amide bonds. The molecule has 7 nitrogen and oxygen atoms in total. The van der Waals surface area contributed by atoms with Crippen LogP contribution in [0.3, 0.4) is 0 Å². The van der Waals surface area contributed by atoms with Gasteiger partial charge < -0.3 is 9.80 Å². The van der Waals surface area contributed by atoms with Gasteiger partial charge in [-0.15, -0.1) is 0 Å². The maximum Gasteiger partial charge on any atom is 0.244 e. The molecule has 176 valence electrons. The van der Waals surface area contributed by atoms with Crippen LogP contribution in [0, 0.1) is 5.82 Å². The highest BCUT2D eigenvalue weighted by molar-refractivity contribution is 7.91. The highest BCUT2D eigenvalue weighted by Crippen LogP contribution is 2.27. The molecule has 2 heterocycles.